The lowest BCUT2D eigenvalue weighted by atomic mass is 10.4. The van der Waals surface area contributed by atoms with E-state index >= 15 is 0 Å². The minimum Gasteiger partial charge on any atom is -0.480 e. The van der Waals surface area contributed by atoms with Crippen molar-refractivity contribution in [1.82, 2.24) is 9.97 Å². The normalized spacial score (nSPS) is 10.2. The zero-order valence-electron chi connectivity index (χ0n) is 9.05. The first-order valence-corrected chi connectivity index (χ1v) is 6.40. The molecule has 2 heterocycles. The van der Waals surface area contributed by atoms with E-state index in [4.69, 9.17) is 10.5 Å². The summed E-state index contributed by atoms with van der Waals surface area (Å²) in [5.41, 5.74) is 6.23. The lowest BCUT2D eigenvalue weighted by Gasteiger charge is -2.06. The van der Waals surface area contributed by atoms with Gasteiger partial charge in [-0.3, -0.25) is 0 Å². The minimum atomic E-state index is 0.432. The van der Waals surface area contributed by atoms with Crippen LogP contribution in [0.1, 0.15) is 0 Å². The zero-order valence-corrected chi connectivity index (χ0v) is 11.5. The summed E-state index contributed by atoms with van der Waals surface area (Å²) in [6.07, 6.45) is 1.74. The van der Waals surface area contributed by atoms with Crippen LogP contribution in [-0.2, 0) is 0 Å². The van der Waals surface area contributed by atoms with E-state index in [9.17, 15) is 0 Å². The number of nitrogen functional groups attached to an aromatic ring is 1. The van der Waals surface area contributed by atoms with E-state index in [0.717, 1.165) is 14.5 Å². The van der Waals surface area contributed by atoms with Crippen LogP contribution < -0.4 is 10.5 Å². The molecule has 0 aliphatic carbocycles. The number of nitrogens with two attached hydrogens (primary N) is 1. The van der Waals surface area contributed by atoms with Crippen molar-refractivity contribution in [2.75, 3.05) is 12.8 Å². The zero-order chi connectivity index (χ0) is 12.3. The highest BCUT2D eigenvalue weighted by molar-refractivity contribution is 9.10. The van der Waals surface area contributed by atoms with Gasteiger partial charge in [0.15, 0.2) is 0 Å². The number of anilines is 1. The Kier molecular flexibility index (Phi) is 3.86. The third-order valence-electron chi connectivity index (χ3n) is 1.98. The van der Waals surface area contributed by atoms with Crippen molar-refractivity contribution in [3.8, 4) is 5.88 Å². The summed E-state index contributed by atoms with van der Waals surface area (Å²) in [6, 6.07) is 7.41. The molecular weight excluding hydrogens is 302 g/mol. The van der Waals surface area contributed by atoms with E-state index in [1.165, 1.54) is 11.8 Å². The summed E-state index contributed by atoms with van der Waals surface area (Å²) in [5, 5.41) is 1.64. The van der Waals surface area contributed by atoms with E-state index in [1.807, 2.05) is 18.2 Å². The Hall–Kier alpha value is -1.27. The topological polar surface area (TPSA) is 61.0 Å². The van der Waals surface area contributed by atoms with Gasteiger partial charge >= 0.3 is 0 Å². The minimum absolute atomic E-state index is 0.432. The van der Waals surface area contributed by atoms with Crippen LogP contribution in [0, 0.1) is 0 Å². The van der Waals surface area contributed by atoms with Gasteiger partial charge in [0.05, 0.1) is 17.3 Å². The maximum atomic E-state index is 5.70. The van der Waals surface area contributed by atoms with E-state index < -0.39 is 0 Å². The molecule has 88 valence electrons. The maximum absolute atomic E-state index is 5.70. The summed E-state index contributed by atoms with van der Waals surface area (Å²) in [5.74, 6) is 0.432. The first kappa shape index (κ1) is 12.2. The highest BCUT2D eigenvalue weighted by atomic mass is 79.9. The molecule has 0 spiro atoms. The van der Waals surface area contributed by atoms with Crippen molar-refractivity contribution in [3.05, 3.63) is 34.9 Å². The molecule has 0 radical (unpaired) electrons. The molecule has 2 aromatic rings. The van der Waals surface area contributed by atoms with Gasteiger partial charge in [0.25, 0.3) is 0 Å². The molecule has 2 rings (SSSR count). The average Bonchev–Trinajstić information content (AvgIpc) is 2.34. The number of hydrogen-bond donors (Lipinski definition) is 1. The fourth-order valence-corrected chi connectivity index (χ4v) is 2.44. The Morgan fingerprint density at radius 1 is 1.35 bits per heavy atom. The molecule has 0 amide bonds. The Morgan fingerprint density at radius 3 is 2.88 bits per heavy atom. The highest BCUT2D eigenvalue weighted by Gasteiger charge is 2.07. The van der Waals surface area contributed by atoms with Gasteiger partial charge in [0.1, 0.15) is 10.1 Å². The van der Waals surface area contributed by atoms with Gasteiger partial charge in [-0.25, -0.2) is 9.97 Å². The predicted molar refractivity (Wildman–Crippen MR) is 71.3 cm³/mol. The van der Waals surface area contributed by atoms with Crippen LogP contribution in [0.2, 0.25) is 0 Å². The highest BCUT2D eigenvalue weighted by Crippen LogP contribution is 2.32. The quantitative estimate of drug-likeness (QED) is 0.944. The maximum Gasteiger partial charge on any atom is 0.237 e. The molecule has 0 bridgehead atoms. The number of rotatable bonds is 3. The molecular formula is C11H10BrN3OS. The molecule has 2 aromatic heterocycles. The number of aromatic nitrogens is 2. The molecule has 0 aromatic carbocycles. The second-order valence-corrected chi connectivity index (χ2v) is 5.00. The molecule has 0 aliphatic heterocycles. The fourth-order valence-electron chi connectivity index (χ4n) is 1.20. The first-order valence-electron chi connectivity index (χ1n) is 4.79. The van der Waals surface area contributed by atoms with Gasteiger partial charge in [0, 0.05) is 6.20 Å². The molecule has 0 saturated carbocycles. The third kappa shape index (κ3) is 2.89. The molecule has 4 nitrogen and oxygen atoms in total. The summed E-state index contributed by atoms with van der Waals surface area (Å²) in [7, 11) is 1.55. The van der Waals surface area contributed by atoms with Crippen LogP contribution in [0.3, 0.4) is 0 Å². The van der Waals surface area contributed by atoms with Crippen LogP contribution in [0.5, 0.6) is 5.88 Å². The molecule has 17 heavy (non-hydrogen) atoms. The number of hydrogen-bond acceptors (Lipinski definition) is 5. The number of halogens is 1. The molecule has 2 N–H and O–H groups in total. The van der Waals surface area contributed by atoms with Gasteiger partial charge in [-0.2, -0.15) is 0 Å². The molecule has 0 saturated heterocycles. The Bertz CT molecular complexity index is 536. The van der Waals surface area contributed by atoms with Gasteiger partial charge in [0.2, 0.25) is 5.88 Å². The van der Waals surface area contributed by atoms with Crippen molar-refractivity contribution in [2.24, 2.45) is 0 Å². The number of ether oxygens (including phenoxy) is 1. The van der Waals surface area contributed by atoms with Crippen LogP contribution in [0.4, 0.5) is 5.69 Å². The number of nitrogens with zero attached hydrogens (tertiary/aromatic N) is 2. The summed E-state index contributed by atoms with van der Waals surface area (Å²) < 4.78 is 6.00. The molecule has 6 heteroatoms. The van der Waals surface area contributed by atoms with Gasteiger partial charge in [-0.05, 0) is 52.0 Å². The van der Waals surface area contributed by atoms with Gasteiger partial charge in [-0.15, -0.1) is 0 Å². The molecule has 0 aliphatic rings. The van der Waals surface area contributed by atoms with E-state index in [0.29, 0.717) is 11.6 Å². The van der Waals surface area contributed by atoms with Crippen molar-refractivity contribution in [2.45, 2.75) is 10.1 Å². The van der Waals surface area contributed by atoms with Gasteiger partial charge < -0.3 is 10.5 Å². The number of methoxy groups -OCH3 is 1. The largest absolute Gasteiger partial charge is 0.480 e. The van der Waals surface area contributed by atoms with E-state index in [2.05, 4.69) is 25.9 Å². The Labute approximate surface area is 112 Å². The second kappa shape index (κ2) is 5.37. The average molecular weight is 312 g/mol. The summed E-state index contributed by atoms with van der Waals surface area (Å²) in [4.78, 5) is 8.54. The lowest BCUT2D eigenvalue weighted by molar-refractivity contribution is 0.397. The molecule has 0 unspecified atom stereocenters. The molecule has 0 fully saturated rings. The third-order valence-corrected chi connectivity index (χ3v) is 3.84. The Morgan fingerprint density at radius 2 is 2.18 bits per heavy atom. The summed E-state index contributed by atoms with van der Waals surface area (Å²) >= 11 is 4.88. The standard InChI is InChI=1S/C11H10BrN3OS/c1-16-10-8(13)4-5-9(15-10)17-11-7(12)3-2-6-14-11/h2-6H,13H2,1H3. The fraction of sp³-hybridized carbons (Fsp3) is 0.0909. The monoisotopic (exact) mass is 311 g/mol. The van der Waals surface area contributed by atoms with Crippen LogP contribution in [0.15, 0.2) is 45.0 Å². The van der Waals surface area contributed by atoms with Crippen LogP contribution >= 0.6 is 27.7 Å². The van der Waals surface area contributed by atoms with E-state index in [1.54, 1.807) is 19.4 Å². The molecule has 0 atom stereocenters. The Balaban J connectivity index is 2.28. The SMILES string of the molecule is COc1nc(Sc2ncccc2Br)ccc1N. The number of pyridine rings is 2. The first-order chi connectivity index (χ1) is 8.20. The smallest absolute Gasteiger partial charge is 0.237 e. The van der Waals surface area contributed by atoms with Crippen LogP contribution in [0.25, 0.3) is 0 Å². The van der Waals surface area contributed by atoms with Crippen molar-refractivity contribution < 1.29 is 4.74 Å². The van der Waals surface area contributed by atoms with Crippen LogP contribution in [-0.4, -0.2) is 17.1 Å². The van der Waals surface area contributed by atoms with E-state index in [-0.39, 0.29) is 0 Å². The summed E-state index contributed by atoms with van der Waals surface area (Å²) in [6.45, 7) is 0. The van der Waals surface area contributed by atoms with Crippen molar-refractivity contribution in [1.29, 1.82) is 0 Å². The van der Waals surface area contributed by atoms with Gasteiger partial charge in [-0.1, -0.05) is 0 Å². The lowest BCUT2D eigenvalue weighted by Crippen LogP contribution is -1.96. The second-order valence-electron chi connectivity index (χ2n) is 3.14. The predicted octanol–water partition coefficient (Wildman–Crippen LogP) is 2.98. The van der Waals surface area contributed by atoms with Crippen molar-refractivity contribution >= 4 is 33.4 Å². The van der Waals surface area contributed by atoms with Crippen molar-refractivity contribution in [3.63, 3.8) is 0 Å².